The minimum absolute atomic E-state index is 0.230. The largest absolute Gasteiger partial charge is 0.478 e. The van der Waals surface area contributed by atoms with Crippen molar-refractivity contribution < 1.29 is 9.90 Å². The summed E-state index contributed by atoms with van der Waals surface area (Å²) in [6.45, 7) is 5.85. The van der Waals surface area contributed by atoms with Gasteiger partial charge in [-0.15, -0.1) is 0 Å². The maximum Gasteiger partial charge on any atom is 0.339 e. The van der Waals surface area contributed by atoms with Crippen molar-refractivity contribution in [2.45, 2.75) is 13.5 Å². The number of rotatable bonds is 3. The van der Waals surface area contributed by atoms with Crippen LogP contribution < -0.4 is 0 Å². The molecule has 0 unspecified atom stereocenters. The van der Waals surface area contributed by atoms with Crippen LogP contribution in [0.1, 0.15) is 16.1 Å². The molecule has 0 bridgehead atoms. The number of nitrogens with zero attached hydrogens (tertiary/aromatic N) is 2. The van der Waals surface area contributed by atoms with Crippen LogP contribution in [0.3, 0.4) is 0 Å². The first-order chi connectivity index (χ1) is 6.02. The Balaban J connectivity index is 2.99. The van der Waals surface area contributed by atoms with Gasteiger partial charge >= 0.3 is 5.97 Å². The van der Waals surface area contributed by atoms with Gasteiger partial charge in [-0.1, -0.05) is 22.5 Å². The lowest BCUT2D eigenvalue weighted by Gasteiger charge is -2.01. The number of carbonyl (C=O) groups is 1. The molecule has 0 aliphatic carbocycles. The van der Waals surface area contributed by atoms with Crippen molar-refractivity contribution in [3.63, 3.8) is 0 Å². The van der Waals surface area contributed by atoms with Gasteiger partial charge in [0.05, 0.1) is 18.4 Å². The van der Waals surface area contributed by atoms with Gasteiger partial charge in [-0.3, -0.25) is 4.68 Å². The van der Waals surface area contributed by atoms with Crippen LogP contribution in [0.4, 0.5) is 0 Å². The summed E-state index contributed by atoms with van der Waals surface area (Å²) in [5, 5.41) is 12.6. The summed E-state index contributed by atoms with van der Waals surface area (Å²) in [4.78, 5) is 10.6. The van der Waals surface area contributed by atoms with E-state index in [2.05, 4.69) is 27.6 Å². The van der Waals surface area contributed by atoms with Crippen LogP contribution in [-0.4, -0.2) is 20.9 Å². The van der Waals surface area contributed by atoms with E-state index in [0.717, 1.165) is 4.48 Å². The topological polar surface area (TPSA) is 55.1 Å². The molecule has 1 aromatic rings. The van der Waals surface area contributed by atoms with Gasteiger partial charge in [0.2, 0.25) is 0 Å². The van der Waals surface area contributed by atoms with Gasteiger partial charge in [0.25, 0.3) is 0 Å². The molecule has 0 radical (unpaired) electrons. The lowest BCUT2D eigenvalue weighted by atomic mass is 10.3. The number of aromatic nitrogens is 2. The van der Waals surface area contributed by atoms with Gasteiger partial charge in [0, 0.05) is 4.48 Å². The van der Waals surface area contributed by atoms with Crippen molar-refractivity contribution in [1.29, 1.82) is 0 Å². The molecule has 0 fully saturated rings. The molecule has 0 saturated heterocycles. The quantitative estimate of drug-likeness (QED) is 0.883. The Bertz CT molecular complexity index is 357. The van der Waals surface area contributed by atoms with Crippen LogP contribution in [0.25, 0.3) is 0 Å². The highest BCUT2D eigenvalue weighted by atomic mass is 79.9. The molecule has 1 heterocycles. The Labute approximate surface area is 84.0 Å². The first-order valence-electron chi connectivity index (χ1n) is 3.61. The van der Waals surface area contributed by atoms with Crippen LogP contribution in [0.5, 0.6) is 0 Å². The number of allylic oxidation sites excluding steroid dienone is 1. The Morgan fingerprint density at radius 3 is 2.85 bits per heavy atom. The molecule has 1 aromatic heterocycles. The molecule has 0 saturated carbocycles. The number of halogens is 1. The zero-order valence-corrected chi connectivity index (χ0v) is 8.71. The Kier molecular flexibility index (Phi) is 2.87. The van der Waals surface area contributed by atoms with Crippen molar-refractivity contribution in [1.82, 2.24) is 9.78 Å². The molecule has 0 aliphatic heterocycles. The summed E-state index contributed by atoms with van der Waals surface area (Å²) in [6, 6.07) is 0. The zero-order chi connectivity index (χ0) is 10.0. The first-order valence-corrected chi connectivity index (χ1v) is 4.40. The van der Waals surface area contributed by atoms with Crippen LogP contribution in [-0.2, 0) is 6.54 Å². The highest BCUT2D eigenvalue weighted by molar-refractivity contribution is 9.11. The molecule has 0 aromatic carbocycles. The highest BCUT2D eigenvalue weighted by Gasteiger charge is 2.12. The summed E-state index contributed by atoms with van der Waals surface area (Å²) in [6.07, 6.45) is 1.34. The SMILES string of the molecule is C=C(Br)Cn1ncc(C(=O)O)c1C. The number of carboxylic acid groups (broad SMARTS) is 1. The minimum Gasteiger partial charge on any atom is -0.478 e. The number of hydrogen-bond acceptors (Lipinski definition) is 2. The highest BCUT2D eigenvalue weighted by Crippen LogP contribution is 2.11. The molecule has 5 heteroatoms. The summed E-state index contributed by atoms with van der Waals surface area (Å²) in [7, 11) is 0. The van der Waals surface area contributed by atoms with Crippen molar-refractivity contribution >= 4 is 21.9 Å². The second-order valence-corrected chi connectivity index (χ2v) is 3.75. The second-order valence-electron chi connectivity index (χ2n) is 2.62. The minimum atomic E-state index is -0.955. The van der Waals surface area contributed by atoms with Crippen LogP contribution in [0.15, 0.2) is 17.3 Å². The third-order valence-corrected chi connectivity index (χ3v) is 1.91. The van der Waals surface area contributed by atoms with Gasteiger partial charge in [0.15, 0.2) is 0 Å². The van der Waals surface area contributed by atoms with Crippen LogP contribution >= 0.6 is 15.9 Å². The third kappa shape index (κ3) is 2.18. The number of carboxylic acids is 1. The fourth-order valence-corrected chi connectivity index (χ4v) is 1.22. The fraction of sp³-hybridized carbons (Fsp3) is 0.250. The van der Waals surface area contributed by atoms with Gasteiger partial charge in [0.1, 0.15) is 5.56 Å². The average molecular weight is 245 g/mol. The van der Waals surface area contributed by atoms with Crippen LogP contribution in [0.2, 0.25) is 0 Å². The molecule has 0 aliphatic rings. The zero-order valence-electron chi connectivity index (χ0n) is 7.12. The van der Waals surface area contributed by atoms with E-state index in [9.17, 15) is 4.79 Å². The molecule has 0 atom stereocenters. The summed E-state index contributed by atoms with van der Waals surface area (Å²) in [5.41, 5.74) is 0.863. The molecule has 13 heavy (non-hydrogen) atoms. The molecule has 1 rings (SSSR count). The van der Waals surface area contributed by atoms with Crippen molar-refractivity contribution in [3.8, 4) is 0 Å². The third-order valence-electron chi connectivity index (χ3n) is 1.65. The van der Waals surface area contributed by atoms with Crippen LogP contribution in [0, 0.1) is 6.92 Å². The first kappa shape index (κ1) is 9.98. The molecule has 70 valence electrons. The Hall–Kier alpha value is -1.10. The van der Waals surface area contributed by atoms with Gasteiger partial charge in [-0.2, -0.15) is 5.10 Å². The van der Waals surface area contributed by atoms with E-state index in [1.165, 1.54) is 6.20 Å². The summed E-state index contributed by atoms with van der Waals surface area (Å²) >= 11 is 3.19. The van der Waals surface area contributed by atoms with E-state index in [1.807, 2.05) is 0 Å². The van der Waals surface area contributed by atoms with E-state index in [1.54, 1.807) is 11.6 Å². The maximum absolute atomic E-state index is 10.6. The van der Waals surface area contributed by atoms with E-state index >= 15 is 0 Å². The van der Waals surface area contributed by atoms with Gasteiger partial charge in [-0.25, -0.2) is 4.79 Å². The van der Waals surface area contributed by atoms with Gasteiger partial charge in [-0.05, 0) is 6.92 Å². The fourth-order valence-electron chi connectivity index (χ4n) is 0.978. The predicted molar refractivity (Wildman–Crippen MR) is 52.0 cm³/mol. The van der Waals surface area contributed by atoms with E-state index in [0.29, 0.717) is 12.2 Å². The molecular weight excluding hydrogens is 236 g/mol. The molecular formula is C8H9BrN2O2. The average Bonchev–Trinajstić information content (AvgIpc) is 2.32. The normalized spacial score (nSPS) is 10.0. The second kappa shape index (κ2) is 3.74. The number of hydrogen-bond donors (Lipinski definition) is 1. The van der Waals surface area contributed by atoms with Crippen molar-refractivity contribution in [3.05, 3.63) is 28.5 Å². The lowest BCUT2D eigenvalue weighted by molar-refractivity contribution is 0.0696. The molecule has 0 spiro atoms. The number of aromatic carboxylic acids is 1. The van der Waals surface area contributed by atoms with Gasteiger partial charge < -0.3 is 5.11 Å². The monoisotopic (exact) mass is 244 g/mol. The maximum atomic E-state index is 10.6. The smallest absolute Gasteiger partial charge is 0.339 e. The predicted octanol–water partition coefficient (Wildman–Crippen LogP) is 1.80. The Morgan fingerprint density at radius 2 is 2.46 bits per heavy atom. The molecule has 0 amide bonds. The lowest BCUT2D eigenvalue weighted by Crippen LogP contribution is -2.04. The molecule has 4 nitrogen and oxygen atoms in total. The van der Waals surface area contributed by atoms with E-state index in [-0.39, 0.29) is 5.56 Å². The van der Waals surface area contributed by atoms with Crippen molar-refractivity contribution in [2.24, 2.45) is 0 Å². The standard InChI is InChI=1S/C8H9BrN2O2/c1-5(9)4-11-6(2)7(3-10-11)8(12)13/h3H,1,4H2,2H3,(H,12,13). The summed E-state index contributed by atoms with van der Waals surface area (Å²) in [5.74, 6) is -0.955. The Morgan fingerprint density at radius 1 is 1.85 bits per heavy atom. The van der Waals surface area contributed by atoms with E-state index in [4.69, 9.17) is 5.11 Å². The molecule has 1 N–H and O–H groups in total. The summed E-state index contributed by atoms with van der Waals surface area (Å²) < 4.78 is 2.34. The van der Waals surface area contributed by atoms with Crippen molar-refractivity contribution in [2.75, 3.05) is 0 Å². The van der Waals surface area contributed by atoms with E-state index < -0.39 is 5.97 Å².